The zero-order chi connectivity index (χ0) is 17.1. The van der Waals surface area contributed by atoms with Gasteiger partial charge in [-0.1, -0.05) is 24.3 Å². The van der Waals surface area contributed by atoms with E-state index in [1.165, 1.54) is 7.11 Å². The number of hydrazine groups is 1. The van der Waals surface area contributed by atoms with Crippen LogP contribution in [0.15, 0.2) is 24.3 Å². The van der Waals surface area contributed by atoms with Gasteiger partial charge in [-0.15, -0.1) is 0 Å². The Morgan fingerprint density at radius 1 is 1.22 bits per heavy atom. The molecule has 0 fully saturated rings. The van der Waals surface area contributed by atoms with Crippen LogP contribution in [0, 0.1) is 0 Å². The van der Waals surface area contributed by atoms with Gasteiger partial charge in [0, 0.05) is 0 Å². The van der Waals surface area contributed by atoms with E-state index in [1.807, 2.05) is 24.3 Å². The molecule has 1 unspecified atom stereocenters. The molecule has 0 aliphatic heterocycles. The molecule has 0 saturated heterocycles. The van der Waals surface area contributed by atoms with E-state index in [1.54, 1.807) is 20.8 Å². The Labute approximate surface area is 136 Å². The van der Waals surface area contributed by atoms with Gasteiger partial charge >= 0.3 is 12.1 Å². The van der Waals surface area contributed by atoms with Gasteiger partial charge < -0.3 is 9.47 Å². The highest BCUT2D eigenvalue weighted by Crippen LogP contribution is 2.36. The highest BCUT2D eigenvalue weighted by atomic mass is 16.6. The Morgan fingerprint density at radius 2 is 1.91 bits per heavy atom. The third kappa shape index (κ3) is 3.82. The average molecular weight is 320 g/mol. The van der Waals surface area contributed by atoms with Gasteiger partial charge in [-0.2, -0.15) is 0 Å². The standard InChI is InChI=1S/C17H24N2O4/c1-16(2,3)23-15(21)18-19-17(14(20)22-4)11-7-9-12-8-5-6-10-13(12)17/h5-6,8,10,19H,7,9,11H2,1-4H3,(H,18,21). The van der Waals surface area contributed by atoms with Crippen molar-refractivity contribution in [1.82, 2.24) is 10.9 Å². The van der Waals surface area contributed by atoms with Crippen molar-refractivity contribution < 1.29 is 19.1 Å². The van der Waals surface area contributed by atoms with Crippen LogP contribution in [0.3, 0.4) is 0 Å². The minimum absolute atomic E-state index is 0.430. The summed E-state index contributed by atoms with van der Waals surface area (Å²) < 4.78 is 10.2. The van der Waals surface area contributed by atoms with Gasteiger partial charge in [0.15, 0.2) is 5.54 Å². The van der Waals surface area contributed by atoms with Gasteiger partial charge in [0.1, 0.15) is 5.60 Å². The number of fused-ring (bicyclic) bond motifs is 1. The Kier molecular flexibility index (Phi) is 4.94. The van der Waals surface area contributed by atoms with Gasteiger partial charge in [-0.3, -0.25) is 5.43 Å². The van der Waals surface area contributed by atoms with Crippen LogP contribution in [0.4, 0.5) is 4.79 Å². The number of carbonyl (C=O) groups is 2. The van der Waals surface area contributed by atoms with Crippen molar-refractivity contribution in [2.45, 2.75) is 51.2 Å². The number of hydrogen-bond acceptors (Lipinski definition) is 5. The highest BCUT2D eigenvalue weighted by Gasteiger charge is 2.45. The van der Waals surface area contributed by atoms with Crippen LogP contribution in [0.2, 0.25) is 0 Å². The number of ether oxygens (including phenoxy) is 2. The van der Waals surface area contributed by atoms with Crippen molar-refractivity contribution in [2.75, 3.05) is 7.11 Å². The van der Waals surface area contributed by atoms with Crippen molar-refractivity contribution in [3.63, 3.8) is 0 Å². The van der Waals surface area contributed by atoms with Gasteiger partial charge in [-0.25, -0.2) is 15.0 Å². The van der Waals surface area contributed by atoms with Gasteiger partial charge in [0.05, 0.1) is 7.11 Å². The van der Waals surface area contributed by atoms with E-state index in [0.29, 0.717) is 6.42 Å². The highest BCUT2D eigenvalue weighted by molar-refractivity contribution is 5.84. The van der Waals surface area contributed by atoms with Crippen LogP contribution < -0.4 is 10.9 Å². The number of hydrogen-bond donors (Lipinski definition) is 2. The second-order valence-corrected chi connectivity index (χ2v) is 6.66. The molecule has 2 N–H and O–H groups in total. The quantitative estimate of drug-likeness (QED) is 0.661. The molecule has 1 atom stereocenters. The van der Waals surface area contributed by atoms with E-state index in [0.717, 1.165) is 24.0 Å². The largest absolute Gasteiger partial charge is 0.467 e. The van der Waals surface area contributed by atoms with E-state index in [4.69, 9.17) is 9.47 Å². The van der Waals surface area contributed by atoms with Crippen LogP contribution in [0.25, 0.3) is 0 Å². The lowest BCUT2D eigenvalue weighted by Gasteiger charge is -2.37. The molecule has 0 spiro atoms. The third-order valence-electron chi connectivity index (χ3n) is 3.79. The fraction of sp³-hybridized carbons (Fsp3) is 0.529. The second-order valence-electron chi connectivity index (χ2n) is 6.66. The van der Waals surface area contributed by atoms with Crippen LogP contribution >= 0.6 is 0 Å². The molecule has 6 heteroatoms. The molecule has 1 aliphatic carbocycles. The first-order valence-corrected chi connectivity index (χ1v) is 7.71. The van der Waals surface area contributed by atoms with E-state index in [9.17, 15) is 9.59 Å². The van der Waals surface area contributed by atoms with Crippen LogP contribution in [0.5, 0.6) is 0 Å². The van der Waals surface area contributed by atoms with Crippen molar-refractivity contribution in [3.05, 3.63) is 35.4 Å². The van der Waals surface area contributed by atoms with Gasteiger partial charge in [0.25, 0.3) is 0 Å². The summed E-state index contributed by atoms with van der Waals surface area (Å²) in [5, 5.41) is 0. The first-order valence-electron chi connectivity index (χ1n) is 7.71. The van der Waals surface area contributed by atoms with Crippen LogP contribution in [-0.4, -0.2) is 24.8 Å². The Hall–Kier alpha value is -2.08. The molecule has 0 aromatic heterocycles. The molecule has 2 rings (SSSR count). The molecule has 0 saturated carbocycles. The molecule has 1 aliphatic rings. The molecule has 1 aromatic carbocycles. The zero-order valence-electron chi connectivity index (χ0n) is 14.1. The summed E-state index contributed by atoms with van der Waals surface area (Å²) in [7, 11) is 1.34. The minimum Gasteiger partial charge on any atom is -0.467 e. The van der Waals surface area contributed by atoms with E-state index < -0.39 is 23.2 Å². The summed E-state index contributed by atoms with van der Waals surface area (Å²) >= 11 is 0. The summed E-state index contributed by atoms with van der Waals surface area (Å²) in [6.07, 6.45) is 1.61. The molecular weight excluding hydrogens is 296 g/mol. The monoisotopic (exact) mass is 320 g/mol. The van der Waals surface area contributed by atoms with Crippen LogP contribution in [0.1, 0.15) is 44.7 Å². The maximum atomic E-state index is 12.5. The maximum Gasteiger partial charge on any atom is 0.422 e. The van der Waals surface area contributed by atoms with Gasteiger partial charge in [0.2, 0.25) is 0 Å². The smallest absolute Gasteiger partial charge is 0.422 e. The predicted molar refractivity (Wildman–Crippen MR) is 85.6 cm³/mol. The summed E-state index contributed by atoms with van der Waals surface area (Å²) in [5.41, 5.74) is 5.55. The average Bonchev–Trinajstić information content (AvgIpc) is 2.50. The molecule has 23 heavy (non-hydrogen) atoms. The summed E-state index contributed by atoms with van der Waals surface area (Å²) in [5.74, 6) is -0.430. The van der Waals surface area contributed by atoms with E-state index >= 15 is 0 Å². The molecule has 1 amide bonds. The second kappa shape index (κ2) is 6.58. The van der Waals surface area contributed by atoms with Crippen LogP contribution in [-0.2, 0) is 26.2 Å². The fourth-order valence-corrected chi connectivity index (χ4v) is 2.86. The number of esters is 1. The molecule has 6 nitrogen and oxygen atoms in total. The molecule has 0 radical (unpaired) electrons. The summed E-state index contributed by atoms with van der Waals surface area (Å²) in [6.45, 7) is 5.33. The Bertz CT molecular complexity index is 595. The number of aryl methyl sites for hydroxylation is 1. The normalized spacial score (nSPS) is 20.3. The summed E-state index contributed by atoms with van der Waals surface area (Å²) in [4.78, 5) is 24.4. The van der Waals surface area contributed by atoms with Crippen molar-refractivity contribution in [1.29, 1.82) is 0 Å². The lowest BCUT2D eigenvalue weighted by atomic mass is 9.77. The van der Waals surface area contributed by atoms with Crippen molar-refractivity contribution >= 4 is 12.1 Å². The van der Waals surface area contributed by atoms with E-state index in [-0.39, 0.29) is 0 Å². The lowest BCUT2D eigenvalue weighted by molar-refractivity contribution is -0.150. The number of benzene rings is 1. The molecular formula is C17H24N2O4. The first-order chi connectivity index (χ1) is 10.8. The fourth-order valence-electron chi connectivity index (χ4n) is 2.86. The van der Waals surface area contributed by atoms with Crippen molar-refractivity contribution in [2.24, 2.45) is 0 Å². The van der Waals surface area contributed by atoms with Crippen molar-refractivity contribution in [3.8, 4) is 0 Å². The van der Waals surface area contributed by atoms with E-state index in [2.05, 4.69) is 10.9 Å². The third-order valence-corrected chi connectivity index (χ3v) is 3.79. The summed E-state index contributed by atoms with van der Waals surface area (Å²) in [6, 6.07) is 7.68. The molecule has 0 heterocycles. The number of carbonyl (C=O) groups excluding carboxylic acids is 2. The SMILES string of the molecule is COC(=O)C1(NNC(=O)OC(C)(C)C)CCCc2ccccc21. The number of rotatable bonds is 3. The molecule has 1 aromatic rings. The number of methoxy groups -OCH3 is 1. The first kappa shape index (κ1) is 17.3. The van der Waals surface area contributed by atoms with Gasteiger partial charge in [-0.05, 0) is 51.2 Å². The lowest BCUT2D eigenvalue weighted by Crippen LogP contribution is -2.59. The topological polar surface area (TPSA) is 76.7 Å². The zero-order valence-corrected chi connectivity index (χ0v) is 14.1. The number of nitrogens with one attached hydrogen (secondary N) is 2. The molecule has 0 bridgehead atoms. The predicted octanol–water partition coefficient (Wildman–Crippen LogP) is 2.42. The Balaban J connectivity index is 2.25. The Morgan fingerprint density at radius 3 is 2.57 bits per heavy atom. The molecule has 126 valence electrons. The maximum absolute atomic E-state index is 12.5. The minimum atomic E-state index is -1.10. The number of amides is 1.